The average molecular weight is 374 g/mol. The van der Waals surface area contributed by atoms with Crippen LogP contribution in [0.4, 0.5) is 0 Å². The Morgan fingerprint density at radius 3 is 2.39 bits per heavy atom. The van der Waals surface area contributed by atoms with Gasteiger partial charge in [0, 0.05) is 36.5 Å². The van der Waals surface area contributed by atoms with Crippen molar-refractivity contribution in [1.82, 2.24) is 20.0 Å². The Morgan fingerprint density at radius 1 is 1.07 bits per heavy atom. The minimum Gasteiger partial charge on any atom is -0.311 e. The molecular formula is C23H27N5. The highest BCUT2D eigenvalue weighted by molar-refractivity contribution is 5.62. The molecule has 0 fully saturated rings. The van der Waals surface area contributed by atoms with Crippen LogP contribution in [0, 0.1) is 11.3 Å². The van der Waals surface area contributed by atoms with Crippen molar-refractivity contribution in [2.45, 2.75) is 25.6 Å². The summed E-state index contributed by atoms with van der Waals surface area (Å²) < 4.78 is 1.88. The molecule has 28 heavy (non-hydrogen) atoms. The Morgan fingerprint density at radius 2 is 1.75 bits per heavy atom. The summed E-state index contributed by atoms with van der Waals surface area (Å²) in [5.74, 6) is 0. The van der Waals surface area contributed by atoms with Gasteiger partial charge in [0.25, 0.3) is 0 Å². The van der Waals surface area contributed by atoms with E-state index < -0.39 is 0 Å². The summed E-state index contributed by atoms with van der Waals surface area (Å²) in [5, 5.41) is 17.2. The standard InChI is InChI=1S/C23H27N5/c1-27(2)22(19-10-5-3-6-11-19)17-25-16-21-18-28(15-9-14-24)26-23(21)20-12-7-4-8-13-20/h3-8,10-13,18,22,25H,9,15-17H2,1-2H3. The molecule has 0 amide bonds. The van der Waals surface area contributed by atoms with Crippen molar-refractivity contribution in [2.75, 3.05) is 20.6 Å². The molecule has 5 nitrogen and oxygen atoms in total. The molecule has 0 saturated carbocycles. The van der Waals surface area contributed by atoms with Crippen LogP contribution in [0.15, 0.2) is 66.9 Å². The zero-order chi connectivity index (χ0) is 19.8. The fraction of sp³-hybridized carbons (Fsp3) is 0.304. The predicted molar refractivity (Wildman–Crippen MR) is 112 cm³/mol. The summed E-state index contributed by atoms with van der Waals surface area (Å²) in [5.41, 5.74) is 4.53. The molecule has 0 saturated heterocycles. The second-order valence-corrected chi connectivity index (χ2v) is 7.06. The molecule has 0 bridgehead atoms. The van der Waals surface area contributed by atoms with Gasteiger partial charge in [0.1, 0.15) is 0 Å². The van der Waals surface area contributed by atoms with Crippen molar-refractivity contribution < 1.29 is 0 Å². The zero-order valence-electron chi connectivity index (χ0n) is 16.5. The summed E-state index contributed by atoms with van der Waals surface area (Å²) >= 11 is 0. The van der Waals surface area contributed by atoms with Gasteiger partial charge in [-0.3, -0.25) is 4.68 Å². The molecular weight excluding hydrogens is 346 g/mol. The Labute approximate surface area is 167 Å². The molecule has 1 unspecified atom stereocenters. The van der Waals surface area contributed by atoms with Crippen molar-refractivity contribution in [3.8, 4) is 17.3 Å². The molecule has 144 valence electrons. The molecule has 0 aliphatic rings. The number of hydrogen-bond donors (Lipinski definition) is 1. The van der Waals surface area contributed by atoms with Crippen molar-refractivity contribution in [3.05, 3.63) is 78.0 Å². The molecule has 0 radical (unpaired) electrons. The predicted octanol–water partition coefficient (Wildman–Crippen LogP) is 3.86. The Hall–Kier alpha value is -2.94. The second-order valence-electron chi connectivity index (χ2n) is 7.06. The van der Waals surface area contributed by atoms with E-state index in [1.807, 2.05) is 28.9 Å². The van der Waals surface area contributed by atoms with Gasteiger partial charge < -0.3 is 10.2 Å². The molecule has 1 N–H and O–H groups in total. The first-order valence-electron chi connectivity index (χ1n) is 9.60. The highest BCUT2D eigenvalue weighted by Crippen LogP contribution is 2.23. The Bertz CT molecular complexity index is 894. The van der Waals surface area contributed by atoms with Gasteiger partial charge >= 0.3 is 0 Å². The largest absolute Gasteiger partial charge is 0.311 e. The van der Waals surface area contributed by atoms with E-state index in [4.69, 9.17) is 10.4 Å². The van der Waals surface area contributed by atoms with Gasteiger partial charge in [0.15, 0.2) is 0 Å². The molecule has 2 aromatic carbocycles. The smallest absolute Gasteiger partial charge is 0.0968 e. The van der Waals surface area contributed by atoms with E-state index in [9.17, 15) is 0 Å². The normalized spacial score (nSPS) is 12.1. The van der Waals surface area contributed by atoms with Gasteiger partial charge in [-0.25, -0.2) is 0 Å². The Kier molecular flexibility index (Phi) is 6.96. The van der Waals surface area contributed by atoms with Crippen LogP contribution in [0.2, 0.25) is 0 Å². The number of rotatable bonds is 9. The molecule has 3 aromatic rings. The number of aryl methyl sites for hydroxylation is 1. The van der Waals surface area contributed by atoms with Gasteiger partial charge in [-0.2, -0.15) is 10.4 Å². The summed E-state index contributed by atoms with van der Waals surface area (Å²) in [6, 6.07) is 23.3. The maximum Gasteiger partial charge on any atom is 0.0968 e. The van der Waals surface area contributed by atoms with Crippen molar-refractivity contribution in [3.63, 3.8) is 0 Å². The first-order valence-corrected chi connectivity index (χ1v) is 9.60. The lowest BCUT2D eigenvalue weighted by Crippen LogP contribution is -2.30. The summed E-state index contributed by atoms with van der Waals surface area (Å²) in [4.78, 5) is 2.23. The molecule has 0 aliphatic heterocycles. The third-order valence-corrected chi connectivity index (χ3v) is 4.80. The van der Waals surface area contributed by atoms with Crippen LogP contribution in [0.25, 0.3) is 11.3 Å². The molecule has 0 aliphatic carbocycles. The summed E-state index contributed by atoms with van der Waals surface area (Å²) in [7, 11) is 4.21. The van der Waals surface area contributed by atoms with Crippen molar-refractivity contribution in [2.24, 2.45) is 0 Å². The zero-order valence-corrected chi connectivity index (χ0v) is 16.5. The molecule has 1 heterocycles. The minimum absolute atomic E-state index is 0.301. The van der Waals surface area contributed by atoms with Crippen LogP contribution in [0.1, 0.15) is 23.6 Å². The van der Waals surface area contributed by atoms with Crippen LogP contribution in [0.3, 0.4) is 0 Å². The van der Waals surface area contributed by atoms with Gasteiger partial charge in [-0.05, 0) is 19.7 Å². The fourth-order valence-corrected chi connectivity index (χ4v) is 3.33. The number of nitrogens with zero attached hydrogens (tertiary/aromatic N) is 4. The first-order chi connectivity index (χ1) is 13.7. The van der Waals surface area contributed by atoms with Crippen molar-refractivity contribution >= 4 is 0 Å². The van der Waals surface area contributed by atoms with E-state index in [2.05, 4.69) is 73.0 Å². The van der Waals surface area contributed by atoms with E-state index >= 15 is 0 Å². The van der Waals surface area contributed by atoms with E-state index in [1.165, 1.54) is 5.56 Å². The SMILES string of the molecule is CN(C)C(CNCc1cn(CCC#N)nc1-c1ccccc1)c1ccccc1. The van der Waals surface area contributed by atoms with E-state index in [0.717, 1.165) is 29.9 Å². The number of nitrogens with one attached hydrogen (secondary N) is 1. The second kappa shape index (κ2) is 9.84. The van der Waals surface area contributed by atoms with E-state index in [1.54, 1.807) is 0 Å². The number of aromatic nitrogens is 2. The van der Waals surface area contributed by atoms with Gasteiger partial charge in [-0.1, -0.05) is 60.7 Å². The first kappa shape index (κ1) is 19.8. The fourth-order valence-electron chi connectivity index (χ4n) is 3.33. The van der Waals surface area contributed by atoms with Crippen LogP contribution >= 0.6 is 0 Å². The molecule has 5 heteroatoms. The van der Waals surface area contributed by atoms with Gasteiger partial charge in [-0.15, -0.1) is 0 Å². The number of likely N-dealkylation sites (N-methyl/N-ethyl adjacent to an activating group) is 1. The monoisotopic (exact) mass is 373 g/mol. The Balaban J connectivity index is 1.74. The van der Waals surface area contributed by atoms with Crippen LogP contribution in [-0.2, 0) is 13.1 Å². The lowest BCUT2D eigenvalue weighted by atomic mass is 10.1. The van der Waals surface area contributed by atoms with Crippen LogP contribution < -0.4 is 5.32 Å². The summed E-state index contributed by atoms with van der Waals surface area (Å²) in [6.45, 7) is 2.18. The molecule has 3 rings (SSSR count). The van der Waals surface area contributed by atoms with Crippen molar-refractivity contribution in [1.29, 1.82) is 5.26 Å². The molecule has 1 aromatic heterocycles. The lowest BCUT2D eigenvalue weighted by molar-refractivity contribution is 0.288. The van der Waals surface area contributed by atoms with Crippen LogP contribution in [-0.4, -0.2) is 35.3 Å². The average Bonchev–Trinajstić information content (AvgIpc) is 3.13. The third kappa shape index (κ3) is 5.07. The third-order valence-electron chi connectivity index (χ3n) is 4.80. The molecule has 0 spiro atoms. The van der Waals surface area contributed by atoms with Crippen LogP contribution in [0.5, 0.6) is 0 Å². The number of nitriles is 1. The summed E-state index contributed by atoms with van der Waals surface area (Å²) in [6.07, 6.45) is 2.51. The number of benzene rings is 2. The maximum absolute atomic E-state index is 8.88. The quantitative estimate of drug-likeness (QED) is 0.619. The highest BCUT2D eigenvalue weighted by atomic mass is 15.3. The highest BCUT2D eigenvalue weighted by Gasteiger charge is 2.15. The topological polar surface area (TPSA) is 56.9 Å². The van der Waals surface area contributed by atoms with Gasteiger partial charge in [0.05, 0.1) is 24.7 Å². The van der Waals surface area contributed by atoms with E-state index in [0.29, 0.717) is 19.0 Å². The van der Waals surface area contributed by atoms with E-state index in [-0.39, 0.29) is 0 Å². The minimum atomic E-state index is 0.301. The number of hydrogen-bond acceptors (Lipinski definition) is 4. The van der Waals surface area contributed by atoms with Gasteiger partial charge in [0.2, 0.25) is 0 Å². The molecule has 1 atom stereocenters. The lowest BCUT2D eigenvalue weighted by Gasteiger charge is -2.25. The maximum atomic E-state index is 8.88.